The molecule has 1 aliphatic heterocycles. The summed E-state index contributed by atoms with van der Waals surface area (Å²) in [5.74, 6) is 1.15. The summed E-state index contributed by atoms with van der Waals surface area (Å²) in [6.07, 6.45) is 3.53. The van der Waals surface area contributed by atoms with Crippen molar-refractivity contribution in [2.75, 3.05) is 12.1 Å². The number of ether oxygens (including phenoxy) is 2. The van der Waals surface area contributed by atoms with E-state index in [1.807, 2.05) is 24.3 Å². The lowest BCUT2D eigenvalue weighted by atomic mass is 10.1. The van der Waals surface area contributed by atoms with Gasteiger partial charge in [0, 0.05) is 29.7 Å². The van der Waals surface area contributed by atoms with Gasteiger partial charge in [-0.15, -0.1) is 0 Å². The molecule has 2 aromatic carbocycles. The normalized spacial score (nSPS) is 12.0. The Morgan fingerprint density at radius 1 is 0.958 bits per heavy atom. The summed E-state index contributed by atoms with van der Waals surface area (Å²) in [5, 5.41) is 2.86. The van der Waals surface area contributed by atoms with Crippen LogP contribution in [0.25, 0.3) is 11.1 Å². The molecule has 0 fully saturated rings. The van der Waals surface area contributed by atoms with Crippen molar-refractivity contribution in [2.45, 2.75) is 0 Å². The fourth-order valence-corrected chi connectivity index (χ4v) is 2.53. The molecular formula is C19H14N2O3. The third kappa shape index (κ3) is 2.79. The van der Waals surface area contributed by atoms with Gasteiger partial charge in [0.1, 0.15) is 0 Å². The molecule has 0 aliphatic carbocycles. The van der Waals surface area contributed by atoms with Crippen molar-refractivity contribution in [3.63, 3.8) is 0 Å². The van der Waals surface area contributed by atoms with Crippen LogP contribution in [0.15, 0.2) is 67.0 Å². The quantitative estimate of drug-likeness (QED) is 0.799. The van der Waals surface area contributed by atoms with Gasteiger partial charge >= 0.3 is 0 Å². The Morgan fingerprint density at radius 3 is 2.58 bits per heavy atom. The molecule has 0 atom stereocenters. The minimum atomic E-state index is -0.174. The number of nitrogens with zero attached hydrogens (tertiary/aromatic N) is 1. The lowest BCUT2D eigenvalue weighted by Crippen LogP contribution is -2.11. The van der Waals surface area contributed by atoms with E-state index in [0.717, 1.165) is 11.1 Å². The summed E-state index contributed by atoms with van der Waals surface area (Å²) in [6.45, 7) is 0.211. The largest absolute Gasteiger partial charge is 0.454 e. The van der Waals surface area contributed by atoms with E-state index in [0.29, 0.717) is 22.7 Å². The van der Waals surface area contributed by atoms with Crippen molar-refractivity contribution in [1.29, 1.82) is 0 Å². The van der Waals surface area contributed by atoms with Crippen LogP contribution in [0.5, 0.6) is 11.5 Å². The third-order valence-electron chi connectivity index (χ3n) is 3.77. The average Bonchev–Trinajstić information content (AvgIpc) is 3.10. The third-order valence-corrected chi connectivity index (χ3v) is 3.77. The summed E-state index contributed by atoms with van der Waals surface area (Å²) >= 11 is 0. The molecule has 118 valence electrons. The molecule has 0 saturated heterocycles. The van der Waals surface area contributed by atoms with Crippen LogP contribution in [-0.2, 0) is 0 Å². The standard InChI is InChI=1S/C19H14N2O3/c22-19(21-16-7-8-17-18(10-16)24-12-23-17)14-5-3-13(4-6-14)15-2-1-9-20-11-15/h1-11H,12H2,(H,21,22). The van der Waals surface area contributed by atoms with Gasteiger partial charge in [0.05, 0.1) is 0 Å². The number of hydrogen-bond acceptors (Lipinski definition) is 4. The topological polar surface area (TPSA) is 60.5 Å². The highest BCUT2D eigenvalue weighted by atomic mass is 16.7. The van der Waals surface area contributed by atoms with Crippen LogP contribution in [0.4, 0.5) is 5.69 Å². The number of anilines is 1. The Morgan fingerprint density at radius 2 is 1.79 bits per heavy atom. The van der Waals surface area contributed by atoms with E-state index in [1.165, 1.54) is 0 Å². The Balaban J connectivity index is 1.50. The predicted octanol–water partition coefficient (Wildman–Crippen LogP) is 3.73. The van der Waals surface area contributed by atoms with Crippen molar-refractivity contribution in [3.8, 4) is 22.6 Å². The molecular weight excluding hydrogens is 304 g/mol. The van der Waals surface area contributed by atoms with Crippen molar-refractivity contribution >= 4 is 11.6 Å². The predicted molar refractivity (Wildman–Crippen MR) is 90.2 cm³/mol. The van der Waals surface area contributed by atoms with E-state index >= 15 is 0 Å². The summed E-state index contributed by atoms with van der Waals surface area (Å²) < 4.78 is 10.6. The van der Waals surface area contributed by atoms with Crippen LogP contribution < -0.4 is 14.8 Å². The molecule has 5 heteroatoms. The van der Waals surface area contributed by atoms with Gasteiger partial charge in [-0.3, -0.25) is 9.78 Å². The molecule has 1 aromatic heterocycles. The van der Waals surface area contributed by atoms with Crippen LogP contribution in [-0.4, -0.2) is 17.7 Å². The number of amides is 1. The Kier molecular flexibility index (Phi) is 3.59. The second-order valence-corrected chi connectivity index (χ2v) is 5.34. The van der Waals surface area contributed by atoms with Gasteiger partial charge in [0.15, 0.2) is 11.5 Å². The van der Waals surface area contributed by atoms with E-state index in [2.05, 4.69) is 10.3 Å². The Bertz CT molecular complexity index is 877. The number of fused-ring (bicyclic) bond motifs is 1. The van der Waals surface area contributed by atoms with Crippen LogP contribution in [0.3, 0.4) is 0 Å². The smallest absolute Gasteiger partial charge is 0.255 e. The lowest BCUT2D eigenvalue weighted by molar-refractivity contribution is 0.102. The van der Waals surface area contributed by atoms with Crippen LogP contribution in [0, 0.1) is 0 Å². The molecule has 1 amide bonds. The first-order valence-corrected chi connectivity index (χ1v) is 7.51. The number of carbonyl (C=O) groups excluding carboxylic acids is 1. The molecule has 0 radical (unpaired) electrons. The molecule has 0 bridgehead atoms. The van der Waals surface area contributed by atoms with E-state index in [1.54, 1.807) is 42.7 Å². The second kappa shape index (κ2) is 6.04. The maximum atomic E-state index is 12.4. The number of benzene rings is 2. The summed E-state index contributed by atoms with van der Waals surface area (Å²) in [7, 11) is 0. The molecule has 5 nitrogen and oxygen atoms in total. The SMILES string of the molecule is O=C(Nc1ccc2c(c1)OCO2)c1ccc(-c2cccnc2)cc1. The Hall–Kier alpha value is -3.34. The van der Waals surface area contributed by atoms with E-state index in [-0.39, 0.29) is 12.7 Å². The minimum absolute atomic E-state index is 0.174. The van der Waals surface area contributed by atoms with E-state index in [9.17, 15) is 4.79 Å². The Labute approximate surface area is 138 Å². The van der Waals surface area contributed by atoms with Gasteiger partial charge < -0.3 is 14.8 Å². The first kappa shape index (κ1) is 14.3. The molecule has 0 unspecified atom stereocenters. The van der Waals surface area contributed by atoms with Crippen LogP contribution in [0.2, 0.25) is 0 Å². The number of hydrogen-bond donors (Lipinski definition) is 1. The minimum Gasteiger partial charge on any atom is -0.454 e. The number of carbonyl (C=O) groups is 1. The summed E-state index contributed by atoms with van der Waals surface area (Å²) in [6, 6.07) is 16.6. The molecule has 24 heavy (non-hydrogen) atoms. The van der Waals surface area contributed by atoms with Gasteiger partial charge in [-0.2, -0.15) is 0 Å². The van der Waals surface area contributed by atoms with Crippen LogP contribution in [0.1, 0.15) is 10.4 Å². The highest BCUT2D eigenvalue weighted by molar-refractivity contribution is 6.04. The zero-order chi connectivity index (χ0) is 16.4. The number of aromatic nitrogens is 1. The average molecular weight is 318 g/mol. The zero-order valence-corrected chi connectivity index (χ0v) is 12.7. The molecule has 0 saturated carbocycles. The number of nitrogens with one attached hydrogen (secondary N) is 1. The van der Waals surface area contributed by atoms with E-state index in [4.69, 9.17) is 9.47 Å². The highest BCUT2D eigenvalue weighted by Crippen LogP contribution is 2.34. The van der Waals surface area contributed by atoms with Crippen molar-refractivity contribution in [2.24, 2.45) is 0 Å². The first-order valence-electron chi connectivity index (χ1n) is 7.51. The highest BCUT2D eigenvalue weighted by Gasteiger charge is 2.14. The molecule has 1 N–H and O–H groups in total. The maximum Gasteiger partial charge on any atom is 0.255 e. The lowest BCUT2D eigenvalue weighted by Gasteiger charge is -2.07. The molecule has 2 heterocycles. The molecule has 4 rings (SSSR count). The van der Waals surface area contributed by atoms with Gasteiger partial charge in [0.25, 0.3) is 5.91 Å². The summed E-state index contributed by atoms with van der Waals surface area (Å²) in [4.78, 5) is 16.5. The zero-order valence-electron chi connectivity index (χ0n) is 12.7. The van der Waals surface area contributed by atoms with Crippen molar-refractivity contribution < 1.29 is 14.3 Å². The molecule has 0 spiro atoms. The number of pyridine rings is 1. The first-order chi connectivity index (χ1) is 11.8. The van der Waals surface area contributed by atoms with Crippen molar-refractivity contribution in [3.05, 3.63) is 72.6 Å². The fraction of sp³-hybridized carbons (Fsp3) is 0.0526. The second-order valence-electron chi connectivity index (χ2n) is 5.34. The summed E-state index contributed by atoms with van der Waals surface area (Å²) in [5.41, 5.74) is 3.28. The maximum absolute atomic E-state index is 12.4. The fourth-order valence-electron chi connectivity index (χ4n) is 2.53. The monoisotopic (exact) mass is 318 g/mol. The van der Waals surface area contributed by atoms with Gasteiger partial charge in [0.2, 0.25) is 6.79 Å². The van der Waals surface area contributed by atoms with E-state index < -0.39 is 0 Å². The molecule has 3 aromatic rings. The van der Waals surface area contributed by atoms with Crippen molar-refractivity contribution in [1.82, 2.24) is 4.98 Å². The van der Waals surface area contributed by atoms with Gasteiger partial charge in [-0.25, -0.2) is 0 Å². The molecule has 1 aliphatic rings. The van der Waals surface area contributed by atoms with Gasteiger partial charge in [-0.1, -0.05) is 18.2 Å². The van der Waals surface area contributed by atoms with Gasteiger partial charge in [-0.05, 0) is 41.5 Å². The van der Waals surface area contributed by atoms with Crippen LogP contribution >= 0.6 is 0 Å². The number of rotatable bonds is 3.